The maximum atomic E-state index is 12.6. The Balaban J connectivity index is 1.65. The van der Waals surface area contributed by atoms with E-state index in [-0.39, 0.29) is 0 Å². The summed E-state index contributed by atoms with van der Waals surface area (Å²) < 4.78 is 19.8. The molecule has 0 amide bonds. The molecule has 1 saturated heterocycles. The molecule has 5 nitrogen and oxygen atoms in total. The summed E-state index contributed by atoms with van der Waals surface area (Å²) in [5.74, 6) is 0.626. The molecule has 0 spiro atoms. The summed E-state index contributed by atoms with van der Waals surface area (Å²) in [7, 11) is 0.554. The van der Waals surface area contributed by atoms with E-state index in [4.69, 9.17) is 10.5 Å². The van der Waals surface area contributed by atoms with Crippen LogP contribution in [-0.2, 0) is 15.7 Å². The van der Waals surface area contributed by atoms with E-state index in [9.17, 15) is 4.21 Å². The Morgan fingerprint density at radius 2 is 1.92 bits per heavy atom. The lowest BCUT2D eigenvalue weighted by molar-refractivity contribution is 0.0699. The molecule has 0 saturated carbocycles. The lowest BCUT2D eigenvalue weighted by Gasteiger charge is -2.24. The first kappa shape index (κ1) is 17.8. The number of benzene rings is 2. The van der Waals surface area contributed by atoms with Crippen LogP contribution in [0.2, 0.25) is 0 Å². The van der Waals surface area contributed by atoms with Crippen LogP contribution < -0.4 is 15.4 Å². The van der Waals surface area contributed by atoms with Crippen LogP contribution in [-0.4, -0.2) is 31.0 Å². The fraction of sp³-hybridized carbons (Fsp3) is 0.368. The number of nitrogens with zero attached hydrogens (tertiary/aromatic N) is 1. The Hall–Kier alpha value is -2.05. The molecule has 6 heteroatoms. The monoisotopic (exact) mass is 359 g/mol. The molecule has 3 N–H and O–H groups in total. The van der Waals surface area contributed by atoms with Gasteiger partial charge >= 0.3 is 0 Å². The van der Waals surface area contributed by atoms with E-state index in [1.54, 1.807) is 4.31 Å². The molecule has 1 heterocycles. The number of hydrogen-bond donors (Lipinski definition) is 2. The van der Waals surface area contributed by atoms with Gasteiger partial charge in [0, 0.05) is 26.8 Å². The van der Waals surface area contributed by atoms with Gasteiger partial charge in [0.05, 0.1) is 22.0 Å². The fourth-order valence-electron chi connectivity index (χ4n) is 2.90. The van der Waals surface area contributed by atoms with E-state index in [2.05, 4.69) is 5.32 Å². The molecule has 3 rings (SSSR count). The molecule has 0 aliphatic carbocycles. The van der Waals surface area contributed by atoms with Gasteiger partial charge in [-0.3, -0.25) is 4.31 Å². The Kier molecular flexibility index (Phi) is 5.94. The van der Waals surface area contributed by atoms with E-state index in [0.717, 1.165) is 48.9 Å². The zero-order valence-electron chi connectivity index (χ0n) is 14.5. The number of rotatable bonds is 6. The minimum Gasteiger partial charge on any atom is -0.397 e. The van der Waals surface area contributed by atoms with Gasteiger partial charge in [-0.2, -0.15) is 0 Å². The van der Waals surface area contributed by atoms with Gasteiger partial charge in [-0.15, -0.1) is 0 Å². The van der Waals surface area contributed by atoms with Crippen molar-refractivity contribution in [1.29, 1.82) is 0 Å². The first-order valence-electron chi connectivity index (χ1n) is 8.57. The third-order valence-corrected chi connectivity index (χ3v) is 5.90. The number of nitrogen functional groups attached to an aromatic ring is 1. The van der Waals surface area contributed by atoms with Gasteiger partial charge in [-0.1, -0.05) is 18.2 Å². The van der Waals surface area contributed by atoms with E-state index in [0.29, 0.717) is 11.6 Å². The quantitative estimate of drug-likeness (QED) is 0.777. The molecule has 2 aromatic rings. The van der Waals surface area contributed by atoms with Crippen LogP contribution in [0.3, 0.4) is 0 Å². The number of anilines is 3. The van der Waals surface area contributed by atoms with Crippen molar-refractivity contribution >= 4 is 28.0 Å². The maximum Gasteiger partial charge on any atom is 0.152 e. The Labute approximate surface area is 151 Å². The molecule has 1 fully saturated rings. The maximum absolute atomic E-state index is 12.6. The highest BCUT2D eigenvalue weighted by atomic mass is 32.2. The molecule has 25 heavy (non-hydrogen) atoms. The van der Waals surface area contributed by atoms with Crippen LogP contribution in [0.4, 0.5) is 17.1 Å². The van der Waals surface area contributed by atoms with Gasteiger partial charge in [-0.05, 0) is 49.1 Å². The van der Waals surface area contributed by atoms with Crippen LogP contribution in [0.15, 0.2) is 53.4 Å². The van der Waals surface area contributed by atoms with Crippen LogP contribution in [0, 0.1) is 5.92 Å². The van der Waals surface area contributed by atoms with Crippen molar-refractivity contribution in [1.82, 2.24) is 0 Å². The molecule has 0 bridgehead atoms. The van der Waals surface area contributed by atoms with Crippen molar-refractivity contribution in [2.75, 3.05) is 42.2 Å². The summed E-state index contributed by atoms with van der Waals surface area (Å²) in [5.41, 5.74) is 8.62. The molecule has 1 unspecified atom stereocenters. The highest BCUT2D eigenvalue weighted by Gasteiger charge is 2.15. The van der Waals surface area contributed by atoms with Gasteiger partial charge in [0.2, 0.25) is 0 Å². The molecular formula is C19H25N3O2S. The second-order valence-corrected chi connectivity index (χ2v) is 7.79. The summed E-state index contributed by atoms with van der Waals surface area (Å²) in [6.45, 7) is 2.59. The van der Waals surface area contributed by atoms with E-state index in [1.165, 1.54) is 0 Å². The second-order valence-electron chi connectivity index (χ2n) is 6.27. The molecule has 134 valence electrons. The fourth-order valence-corrected chi connectivity index (χ4v) is 3.91. The predicted molar refractivity (Wildman–Crippen MR) is 104 cm³/mol. The lowest BCUT2D eigenvalue weighted by atomic mass is 10.0. The lowest BCUT2D eigenvalue weighted by Crippen LogP contribution is -2.23. The summed E-state index contributed by atoms with van der Waals surface area (Å²) in [6.07, 6.45) is 2.17. The van der Waals surface area contributed by atoms with E-state index < -0.39 is 11.0 Å². The summed E-state index contributed by atoms with van der Waals surface area (Å²) in [6, 6.07) is 15.2. The second kappa shape index (κ2) is 8.36. The van der Waals surface area contributed by atoms with Gasteiger partial charge in [0.25, 0.3) is 0 Å². The number of hydrogen-bond acceptors (Lipinski definition) is 4. The summed E-state index contributed by atoms with van der Waals surface area (Å²) in [5, 5.41) is 3.43. The molecule has 1 atom stereocenters. The van der Waals surface area contributed by atoms with Crippen molar-refractivity contribution in [2.45, 2.75) is 17.7 Å². The molecule has 0 aromatic heterocycles. The van der Waals surface area contributed by atoms with E-state index in [1.807, 2.05) is 55.6 Å². The molecular weight excluding hydrogens is 334 g/mol. The Bertz CT molecular complexity index is 718. The van der Waals surface area contributed by atoms with Crippen LogP contribution >= 0.6 is 0 Å². The van der Waals surface area contributed by atoms with Crippen molar-refractivity contribution in [3.63, 3.8) is 0 Å². The zero-order valence-corrected chi connectivity index (χ0v) is 15.3. The molecule has 1 aliphatic rings. The van der Waals surface area contributed by atoms with Gasteiger partial charge in [0.15, 0.2) is 11.0 Å². The zero-order chi connectivity index (χ0) is 17.6. The number of nitrogens with two attached hydrogens (primary N) is 1. The highest BCUT2D eigenvalue weighted by Crippen LogP contribution is 2.27. The third kappa shape index (κ3) is 4.52. The first-order valence-corrected chi connectivity index (χ1v) is 9.67. The first-order chi connectivity index (χ1) is 12.1. The normalized spacial score (nSPS) is 16.4. The number of ether oxygens (including phenoxy) is 1. The Morgan fingerprint density at radius 3 is 2.60 bits per heavy atom. The molecule has 1 aliphatic heterocycles. The topological polar surface area (TPSA) is 67.6 Å². The predicted octanol–water partition coefficient (Wildman–Crippen LogP) is 3.27. The third-order valence-electron chi connectivity index (χ3n) is 4.51. The largest absolute Gasteiger partial charge is 0.397 e. The minimum atomic E-state index is -1.26. The van der Waals surface area contributed by atoms with Crippen LogP contribution in [0.1, 0.15) is 12.8 Å². The van der Waals surface area contributed by atoms with Crippen LogP contribution in [0.5, 0.6) is 0 Å². The van der Waals surface area contributed by atoms with Crippen molar-refractivity contribution in [3.8, 4) is 0 Å². The van der Waals surface area contributed by atoms with E-state index >= 15 is 0 Å². The average Bonchev–Trinajstić information content (AvgIpc) is 2.67. The summed E-state index contributed by atoms with van der Waals surface area (Å²) >= 11 is 0. The van der Waals surface area contributed by atoms with Crippen LogP contribution in [0.25, 0.3) is 0 Å². The average molecular weight is 359 g/mol. The van der Waals surface area contributed by atoms with Gasteiger partial charge < -0.3 is 15.8 Å². The Morgan fingerprint density at radius 1 is 1.20 bits per heavy atom. The SMILES string of the molecule is CN(c1ccc(NCC2CCOCC2)c(N)c1)S(=O)c1ccccc1. The standard InChI is InChI=1S/C19H25N3O2S/c1-22(25(23)17-5-3-2-4-6-17)16-7-8-19(18(20)13-16)21-14-15-9-11-24-12-10-15/h2-8,13,15,21H,9-12,14,20H2,1H3. The summed E-state index contributed by atoms with van der Waals surface area (Å²) in [4.78, 5) is 0.769. The highest BCUT2D eigenvalue weighted by molar-refractivity contribution is 7.86. The van der Waals surface area contributed by atoms with Crippen molar-refractivity contribution in [3.05, 3.63) is 48.5 Å². The van der Waals surface area contributed by atoms with Gasteiger partial charge in [0.1, 0.15) is 0 Å². The molecule has 2 aromatic carbocycles. The van der Waals surface area contributed by atoms with Crippen molar-refractivity contribution < 1.29 is 8.95 Å². The number of nitrogens with one attached hydrogen (secondary N) is 1. The molecule has 0 radical (unpaired) electrons. The van der Waals surface area contributed by atoms with Gasteiger partial charge in [-0.25, -0.2) is 4.21 Å². The van der Waals surface area contributed by atoms with Crippen molar-refractivity contribution in [2.24, 2.45) is 5.92 Å². The minimum absolute atomic E-state index is 0.626. The smallest absolute Gasteiger partial charge is 0.152 e.